The Labute approximate surface area is 131 Å². The molecular weight excluding hydrogens is 295 g/mol. The van der Waals surface area contributed by atoms with Crippen molar-refractivity contribution >= 4 is 23.2 Å². The second kappa shape index (κ2) is 7.62. The largest absolute Gasteiger partial charge is 0.374 e. The molecule has 0 aromatic heterocycles. The number of nitrogens with zero attached hydrogens (tertiary/aromatic N) is 1. The molecule has 2 unspecified atom stereocenters. The molecule has 0 amide bonds. The number of nitrogens with one attached hydrogen (secondary N) is 1. The quantitative estimate of drug-likeness (QED) is 0.901. The maximum Gasteiger partial charge on any atom is 0.0826 e. The molecule has 0 spiro atoms. The third kappa shape index (κ3) is 4.34. The van der Waals surface area contributed by atoms with Gasteiger partial charge in [-0.15, -0.1) is 0 Å². The Morgan fingerprint density at radius 3 is 2.90 bits per heavy atom. The molecule has 112 valence electrons. The number of hydrogen-bond donors (Lipinski definition) is 1. The lowest BCUT2D eigenvalue weighted by atomic mass is 10.0. The van der Waals surface area contributed by atoms with Gasteiger partial charge in [0.2, 0.25) is 0 Å². The fourth-order valence-corrected chi connectivity index (χ4v) is 3.06. The molecule has 1 N–H and O–H groups in total. The smallest absolute Gasteiger partial charge is 0.0826 e. The zero-order valence-electron chi connectivity index (χ0n) is 12.0. The summed E-state index contributed by atoms with van der Waals surface area (Å²) in [4.78, 5) is 2.30. The molecular formula is C15H22Cl2N2O. The van der Waals surface area contributed by atoms with Gasteiger partial charge in [-0.1, -0.05) is 36.2 Å². The van der Waals surface area contributed by atoms with E-state index in [1.54, 1.807) is 6.07 Å². The second-order valence-corrected chi connectivity index (χ2v) is 6.13. The first kappa shape index (κ1) is 16.1. The Bertz CT molecular complexity index is 442. The van der Waals surface area contributed by atoms with Crippen molar-refractivity contribution in [1.82, 2.24) is 10.2 Å². The van der Waals surface area contributed by atoms with Crippen molar-refractivity contribution in [1.29, 1.82) is 0 Å². The standard InChI is InChI=1S/C15H22Cl2N2O/c1-3-15(13-5-4-11(16)8-14(13)17)18-9-12-10-19(2)6-7-20-12/h4-5,8,12,15,18H,3,6-7,9-10H2,1-2H3. The molecule has 3 nitrogen and oxygen atoms in total. The summed E-state index contributed by atoms with van der Waals surface area (Å²) >= 11 is 12.2. The number of likely N-dealkylation sites (N-methyl/N-ethyl adjacent to an activating group) is 1. The van der Waals surface area contributed by atoms with E-state index in [-0.39, 0.29) is 12.1 Å². The fourth-order valence-electron chi connectivity index (χ4n) is 2.52. The lowest BCUT2D eigenvalue weighted by molar-refractivity contribution is -0.0193. The number of morpholine rings is 1. The van der Waals surface area contributed by atoms with Crippen molar-refractivity contribution in [2.45, 2.75) is 25.5 Å². The predicted octanol–water partition coefficient (Wildman–Crippen LogP) is 3.36. The zero-order chi connectivity index (χ0) is 14.5. The monoisotopic (exact) mass is 316 g/mol. The van der Waals surface area contributed by atoms with Crippen LogP contribution in [-0.4, -0.2) is 44.3 Å². The molecule has 0 bridgehead atoms. The summed E-state index contributed by atoms with van der Waals surface area (Å²) in [6.07, 6.45) is 1.22. The first-order valence-electron chi connectivity index (χ1n) is 7.08. The van der Waals surface area contributed by atoms with Gasteiger partial charge < -0.3 is 15.0 Å². The van der Waals surface area contributed by atoms with Crippen molar-refractivity contribution in [3.05, 3.63) is 33.8 Å². The van der Waals surface area contributed by atoms with Crippen LogP contribution in [0.5, 0.6) is 0 Å². The fraction of sp³-hybridized carbons (Fsp3) is 0.600. The number of rotatable bonds is 5. The maximum absolute atomic E-state index is 6.28. The molecule has 1 aromatic carbocycles. The third-order valence-corrected chi connectivity index (χ3v) is 4.24. The summed E-state index contributed by atoms with van der Waals surface area (Å²) < 4.78 is 5.77. The second-order valence-electron chi connectivity index (χ2n) is 5.29. The molecule has 1 saturated heterocycles. The van der Waals surface area contributed by atoms with Gasteiger partial charge in [0, 0.05) is 35.7 Å². The van der Waals surface area contributed by atoms with Crippen LogP contribution in [0.15, 0.2) is 18.2 Å². The summed E-state index contributed by atoms with van der Waals surface area (Å²) in [5.74, 6) is 0. The lowest BCUT2D eigenvalue weighted by Crippen LogP contribution is -2.45. The molecule has 1 aromatic rings. The van der Waals surface area contributed by atoms with Crippen LogP contribution < -0.4 is 5.32 Å². The Hall–Kier alpha value is -0.320. The van der Waals surface area contributed by atoms with Gasteiger partial charge in [-0.2, -0.15) is 0 Å². The van der Waals surface area contributed by atoms with Crippen LogP contribution in [0.1, 0.15) is 24.9 Å². The number of benzene rings is 1. The Morgan fingerprint density at radius 2 is 2.25 bits per heavy atom. The minimum absolute atomic E-state index is 0.232. The van der Waals surface area contributed by atoms with E-state index in [4.69, 9.17) is 27.9 Å². The van der Waals surface area contributed by atoms with Crippen LogP contribution in [0.3, 0.4) is 0 Å². The molecule has 2 rings (SSSR count). The SMILES string of the molecule is CCC(NCC1CN(C)CCO1)c1ccc(Cl)cc1Cl. The summed E-state index contributed by atoms with van der Waals surface area (Å²) in [6, 6.07) is 5.92. The van der Waals surface area contributed by atoms with Gasteiger partial charge in [0.05, 0.1) is 12.7 Å². The highest BCUT2D eigenvalue weighted by Crippen LogP contribution is 2.28. The molecule has 0 radical (unpaired) electrons. The van der Waals surface area contributed by atoms with Gasteiger partial charge in [-0.25, -0.2) is 0 Å². The Morgan fingerprint density at radius 1 is 1.45 bits per heavy atom. The minimum atomic E-state index is 0.232. The van der Waals surface area contributed by atoms with Crippen molar-refractivity contribution < 1.29 is 4.74 Å². The van der Waals surface area contributed by atoms with E-state index in [0.717, 1.165) is 43.2 Å². The third-order valence-electron chi connectivity index (χ3n) is 3.68. The molecule has 0 saturated carbocycles. The Kier molecular flexibility index (Phi) is 6.12. The highest BCUT2D eigenvalue weighted by Gasteiger charge is 2.20. The summed E-state index contributed by atoms with van der Waals surface area (Å²) in [5.41, 5.74) is 1.10. The van der Waals surface area contributed by atoms with E-state index in [9.17, 15) is 0 Å². The highest BCUT2D eigenvalue weighted by molar-refractivity contribution is 6.35. The van der Waals surface area contributed by atoms with E-state index < -0.39 is 0 Å². The van der Waals surface area contributed by atoms with Crippen LogP contribution in [0, 0.1) is 0 Å². The van der Waals surface area contributed by atoms with Crippen molar-refractivity contribution in [3.8, 4) is 0 Å². The topological polar surface area (TPSA) is 24.5 Å². The van der Waals surface area contributed by atoms with E-state index in [1.807, 2.05) is 12.1 Å². The average Bonchev–Trinajstić information content (AvgIpc) is 2.41. The van der Waals surface area contributed by atoms with Crippen LogP contribution in [0.25, 0.3) is 0 Å². The predicted molar refractivity (Wildman–Crippen MR) is 84.7 cm³/mol. The van der Waals surface area contributed by atoms with Crippen molar-refractivity contribution in [2.75, 3.05) is 33.3 Å². The van der Waals surface area contributed by atoms with E-state index in [2.05, 4.69) is 24.2 Å². The summed E-state index contributed by atoms with van der Waals surface area (Å²) in [5, 5.41) is 4.95. The van der Waals surface area contributed by atoms with Crippen LogP contribution in [-0.2, 0) is 4.74 Å². The molecule has 1 fully saturated rings. The van der Waals surface area contributed by atoms with E-state index in [0.29, 0.717) is 5.02 Å². The van der Waals surface area contributed by atoms with Crippen LogP contribution >= 0.6 is 23.2 Å². The van der Waals surface area contributed by atoms with Gasteiger partial charge in [0.15, 0.2) is 0 Å². The number of ether oxygens (including phenoxy) is 1. The number of halogens is 2. The van der Waals surface area contributed by atoms with Gasteiger partial charge in [0.25, 0.3) is 0 Å². The first-order valence-corrected chi connectivity index (χ1v) is 7.84. The van der Waals surface area contributed by atoms with Gasteiger partial charge in [0.1, 0.15) is 0 Å². The van der Waals surface area contributed by atoms with Crippen molar-refractivity contribution in [2.24, 2.45) is 0 Å². The molecule has 0 aliphatic carbocycles. The summed E-state index contributed by atoms with van der Waals surface area (Å²) in [7, 11) is 2.13. The molecule has 2 atom stereocenters. The highest BCUT2D eigenvalue weighted by atomic mass is 35.5. The van der Waals surface area contributed by atoms with Crippen LogP contribution in [0.4, 0.5) is 0 Å². The van der Waals surface area contributed by atoms with Crippen LogP contribution in [0.2, 0.25) is 10.0 Å². The Balaban J connectivity index is 1.94. The first-order chi connectivity index (χ1) is 9.60. The maximum atomic E-state index is 6.28. The molecule has 1 aliphatic rings. The minimum Gasteiger partial charge on any atom is -0.374 e. The molecule has 5 heteroatoms. The molecule has 20 heavy (non-hydrogen) atoms. The zero-order valence-corrected chi connectivity index (χ0v) is 13.5. The van der Waals surface area contributed by atoms with Crippen molar-refractivity contribution in [3.63, 3.8) is 0 Å². The molecule has 1 heterocycles. The van der Waals surface area contributed by atoms with E-state index in [1.165, 1.54) is 0 Å². The summed E-state index contributed by atoms with van der Waals surface area (Å²) in [6.45, 7) is 5.77. The average molecular weight is 317 g/mol. The van der Waals surface area contributed by atoms with Gasteiger partial charge >= 0.3 is 0 Å². The van der Waals surface area contributed by atoms with Gasteiger partial charge in [-0.05, 0) is 31.2 Å². The lowest BCUT2D eigenvalue weighted by Gasteiger charge is -2.31. The normalized spacial score (nSPS) is 21.9. The number of hydrogen-bond acceptors (Lipinski definition) is 3. The molecule has 1 aliphatic heterocycles. The van der Waals surface area contributed by atoms with E-state index >= 15 is 0 Å². The van der Waals surface area contributed by atoms with Gasteiger partial charge in [-0.3, -0.25) is 0 Å².